The van der Waals surface area contributed by atoms with Gasteiger partial charge in [-0.3, -0.25) is 37.3 Å². The number of unbranched alkanes of at least 4 members (excludes halogenated alkanes) is 30. The number of carbonyl (C=O) groups excluding carboxylic acids is 4. The number of allylic oxidation sites excluding steroid dienone is 16. The van der Waals surface area contributed by atoms with Crippen LogP contribution in [0.4, 0.5) is 0 Å². The zero-order valence-corrected chi connectivity index (χ0v) is 63.5. The highest BCUT2D eigenvalue weighted by Crippen LogP contribution is 2.45. The van der Waals surface area contributed by atoms with Crippen LogP contribution in [-0.2, 0) is 65.4 Å². The van der Waals surface area contributed by atoms with Crippen LogP contribution in [0.3, 0.4) is 0 Å². The van der Waals surface area contributed by atoms with Gasteiger partial charge in [-0.15, -0.1) is 0 Å². The molecule has 566 valence electrons. The van der Waals surface area contributed by atoms with Gasteiger partial charge in [0.15, 0.2) is 12.2 Å². The first-order valence-electron chi connectivity index (χ1n) is 38.5. The summed E-state index contributed by atoms with van der Waals surface area (Å²) in [7, 11) is -9.96. The minimum absolute atomic E-state index is 0.0746. The summed E-state index contributed by atoms with van der Waals surface area (Å²) in [5.74, 6) is -2.22. The summed E-state index contributed by atoms with van der Waals surface area (Å²) in [5.41, 5.74) is 0. The van der Waals surface area contributed by atoms with E-state index in [0.29, 0.717) is 25.7 Å². The van der Waals surface area contributed by atoms with E-state index in [1.807, 2.05) is 0 Å². The lowest BCUT2D eigenvalue weighted by atomic mass is 10.1. The third-order valence-electron chi connectivity index (χ3n) is 16.0. The van der Waals surface area contributed by atoms with Crippen LogP contribution in [0.2, 0.25) is 0 Å². The van der Waals surface area contributed by atoms with Crippen molar-refractivity contribution in [2.45, 2.75) is 341 Å². The molecule has 5 atom stereocenters. The number of rotatable bonds is 72. The van der Waals surface area contributed by atoms with Gasteiger partial charge in [-0.05, 0) is 148 Å². The summed E-state index contributed by atoms with van der Waals surface area (Å²) < 4.78 is 68.5. The number of hydrogen-bond acceptors (Lipinski definition) is 15. The number of phosphoric ester groups is 2. The third kappa shape index (κ3) is 70.4. The lowest BCUT2D eigenvalue weighted by Crippen LogP contribution is -2.30. The van der Waals surface area contributed by atoms with Gasteiger partial charge in [-0.1, -0.05) is 247 Å². The summed E-state index contributed by atoms with van der Waals surface area (Å²) in [4.78, 5) is 72.9. The van der Waals surface area contributed by atoms with E-state index in [9.17, 15) is 43.2 Å². The SMILES string of the molecule is CC/C=C\C/C=C\C/C=C\CCCCCCCC(=O)OCC(COP(=O)(O)OCC(O)COP(=O)(O)OCC(COC(=O)CCCCCCC/C=C\C/C=C\CCCCC)OC(=O)CCCCCCC/C=C\CCCCCC)OC(=O)CCCCCCC/C=C\C/C=C\CCCCC. The Kier molecular flexibility index (Phi) is 68.4. The van der Waals surface area contributed by atoms with Gasteiger partial charge in [-0.25, -0.2) is 9.13 Å². The van der Waals surface area contributed by atoms with E-state index in [4.69, 9.17) is 37.0 Å². The van der Waals surface area contributed by atoms with E-state index in [2.05, 4.69) is 125 Å². The van der Waals surface area contributed by atoms with Gasteiger partial charge >= 0.3 is 39.5 Å². The number of esters is 4. The van der Waals surface area contributed by atoms with Gasteiger partial charge in [0.1, 0.15) is 19.3 Å². The summed E-state index contributed by atoms with van der Waals surface area (Å²) in [6.07, 6.45) is 73.9. The second-order valence-electron chi connectivity index (χ2n) is 25.6. The maximum absolute atomic E-state index is 13.1. The third-order valence-corrected chi connectivity index (χ3v) is 17.9. The number of hydrogen-bond donors (Lipinski definition) is 3. The first kappa shape index (κ1) is 94.0. The van der Waals surface area contributed by atoms with Crippen molar-refractivity contribution in [2.75, 3.05) is 39.6 Å². The largest absolute Gasteiger partial charge is 0.472 e. The van der Waals surface area contributed by atoms with Crippen LogP contribution < -0.4 is 0 Å². The van der Waals surface area contributed by atoms with Gasteiger partial charge in [0.2, 0.25) is 0 Å². The molecule has 0 saturated carbocycles. The van der Waals surface area contributed by atoms with Gasteiger partial charge in [0.05, 0.1) is 26.4 Å². The zero-order valence-electron chi connectivity index (χ0n) is 61.7. The van der Waals surface area contributed by atoms with Crippen LogP contribution in [0.25, 0.3) is 0 Å². The fraction of sp³-hybridized carbons (Fsp3) is 0.747. The van der Waals surface area contributed by atoms with Crippen molar-refractivity contribution in [1.29, 1.82) is 0 Å². The monoisotopic (exact) mass is 1420 g/mol. The molecule has 0 radical (unpaired) electrons. The van der Waals surface area contributed by atoms with Crippen LogP contribution in [0, 0.1) is 0 Å². The van der Waals surface area contributed by atoms with Crippen LogP contribution in [-0.4, -0.2) is 96.7 Å². The van der Waals surface area contributed by atoms with Crippen molar-refractivity contribution in [3.8, 4) is 0 Å². The standard InChI is InChI=1S/C79H138O17P2/c1-5-9-13-17-21-25-29-33-36-40-43-47-51-55-59-63-76(81)89-69-74(95-78(83)65-61-57-53-49-45-39-32-28-24-20-16-12-8-4)71-93-97(85,86)91-67-73(80)68-92-98(87,88)94-72-75(96-79(84)66-62-58-54-50-46-42-38-35-31-27-23-19-15-11-7-3)70-90-77(82)64-60-56-52-48-44-41-37-34-30-26-22-18-14-10-6-2/h10,14,21-23,25-28,32-38,73-75,80H,5-9,11-13,15-20,24,29-31,39-72H2,1-4H3,(H,85,86)(H,87,88)/b14-10-,25-21-,26-22-,27-23-,32-28-,36-33-,37-34-,38-35-. The van der Waals surface area contributed by atoms with Crippen LogP contribution in [0.5, 0.6) is 0 Å². The van der Waals surface area contributed by atoms with Gasteiger partial charge in [0.25, 0.3) is 0 Å². The molecule has 0 spiro atoms. The molecule has 0 aromatic rings. The second kappa shape index (κ2) is 71.4. The van der Waals surface area contributed by atoms with Crippen LogP contribution in [0.1, 0.15) is 323 Å². The fourth-order valence-electron chi connectivity index (χ4n) is 10.1. The molecule has 0 rings (SSSR count). The number of aliphatic hydroxyl groups is 1. The molecule has 3 N–H and O–H groups in total. The first-order valence-corrected chi connectivity index (χ1v) is 41.5. The predicted octanol–water partition coefficient (Wildman–Crippen LogP) is 22.0. The van der Waals surface area contributed by atoms with Crippen molar-refractivity contribution in [2.24, 2.45) is 0 Å². The van der Waals surface area contributed by atoms with E-state index in [-0.39, 0.29) is 25.7 Å². The topological polar surface area (TPSA) is 237 Å². The zero-order chi connectivity index (χ0) is 71.8. The maximum atomic E-state index is 13.1. The number of ether oxygens (including phenoxy) is 4. The van der Waals surface area contributed by atoms with E-state index in [0.717, 1.165) is 180 Å². The Labute approximate surface area is 595 Å². The van der Waals surface area contributed by atoms with E-state index < -0.39 is 97.5 Å². The first-order chi connectivity index (χ1) is 47.7. The van der Waals surface area contributed by atoms with Crippen molar-refractivity contribution in [3.63, 3.8) is 0 Å². The molecule has 0 bridgehead atoms. The molecule has 17 nitrogen and oxygen atoms in total. The van der Waals surface area contributed by atoms with Crippen molar-refractivity contribution < 1.29 is 80.2 Å². The van der Waals surface area contributed by atoms with E-state index in [1.54, 1.807) is 0 Å². The Hall–Kier alpha value is -4.02. The number of carbonyl (C=O) groups is 4. The summed E-state index contributed by atoms with van der Waals surface area (Å²) in [5, 5.41) is 10.6. The normalized spacial score (nSPS) is 14.5. The molecule has 0 fully saturated rings. The minimum Gasteiger partial charge on any atom is -0.462 e. The van der Waals surface area contributed by atoms with Crippen LogP contribution >= 0.6 is 15.6 Å². The minimum atomic E-state index is -4.98. The lowest BCUT2D eigenvalue weighted by Gasteiger charge is -2.21. The average Bonchev–Trinajstić information content (AvgIpc) is 1.04. The van der Waals surface area contributed by atoms with Crippen molar-refractivity contribution in [1.82, 2.24) is 0 Å². The Balaban J connectivity index is 5.38. The Morgan fingerprint density at radius 3 is 0.847 bits per heavy atom. The second-order valence-corrected chi connectivity index (χ2v) is 28.5. The maximum Gasteiger partial charge on any atom is 0.472 e. The Bertz CT molecular complexity index is 2240. The smallest absolute Gasteiger partial charge is 0.462 e. The molecule has 19 heteroatoms. The van der Waals surface area contributed by atoms with Crippen molar-refractivity contribution >= 4 is 39.5 Å². The van der Waals surface area contributed by atoms with E-state index in [1.165, 1.54) is 64.2 Å². The van der Waals surface area contributed by atoms with Crippen molar-refractivity contribution in [3.05, 3.63) is 97.2 Å². The molecule has 0 amide bonds. The molecule has 0 aromatic carbocycles. The average molecular weight is 1420 g/mol. The molecule has 0 heterocycles. The molecular formula is C79H138O17P2. The summed E-state index contributed by atoms with van der Waals surface area (Å²) >= 11 is 0. The molecule has 0 aliphatic carbocycles. The van der Waals surface area contributed by atoms with Crippen LogP contribution in [0.15, 0.2) is 97.2 Å². The molecule has 0 aliphatic rings. The molecular weight excluding hydrogens is 1280 g/mol. The summed E-state index contributed by atoms with van der Waals surface area (Å²) in [6, 6.07) is 0. The number of aliphatic hydroxyl groups excluding tert-OH is 1. The quantitative estimate of drug-likeness (QED) is 0.0169. The van der Waals surface area contributed by atoms with E-state index >= 15 is 0 Å². The highest BCUT2D eigenvalue weighted by atomic mass is 31.2. The van der Waals surface area contributed by atoms with Gasteiger partial charge in [-0.2, -0.15) is 0 Å². The highest BCUT2D eigenvalue weighted by molar-refractivity contribution is 7.47. The summed E-state index contributed by atoms with van der Waals surface area (Å²) in [6.45, 7) is 4.65. The Morgan fingerprint density at radius 1 is 0.296 bits per heavy atom. The predicted molar refractivity (Wildman–Crippen MR) is 399 cm³/mol. The molecule has 0 aromatic heterocycles. The molecule has 0 saturated heterocycles. The Morgan fingerprint density at radius 2 is 0.531 bits per heavy atom. The molecule has 5 unspecified atom stereocenters. The van der Waals surface area contributed by atoms with Gasteiger partial charge < -0.3 is 33.8 Å². The molecule has 0 aliphatic heterocycles. The van der Waals surface area contributed by atoms with Gasteiger partial charge in [0, 0.05) is 25.7 Å². The number of phosphoric acid groups is 2. The molecule has 98 heavy (non-hydrogen) atoms. The lowest BCUT2D eigenvalue weighted by molar-refractivity contribution is -0.161. The fourth-order valence-corrected chi connectivity index (χ4v) is 11.7. The highest BCUT2D eigenvalue weighted by Gasteiger charge is 2.30.